The van der Waals surface area contributed by atoms with Gasteiger partial charge in [-0.25, -0.2) is 0 Å². The van der Waals surface area contributed by atoms with Crippen LogP contribution in [0.15, 0.2) is 18.2 Å². The van der Waals surface area contributed by atoms with Crippen molar-refractivity contribution in [1.29, 1.82) is 5.26 Å². The molecule has 2 saturated heterocycles. The Morgan fingerprint density at radius 1 is 1.03 bits per heavy atom. The molecule has 5 rings (SSSR count). The fraction of sp³-hybridized carbons (Fsp3) is 0.750. The van der Waals surface area contributed by atoms with Crippen LogP contribution in [0.25, 0.3) is 0 Å². The molecule has 2 aliphatic carbocycles. The first-order valence-corrected chi connectivity index (χ1v) is 15.5. The van der Waals surface area contributed by atoms with E-state index < -0.39 is 19.5 Å². The van der Waals surface area contributed by atoms with Crippen molar-refractivity contribution in [2.75, 3.05) is 19.8 Å². The Morgan fingerprint density at radius 2 is 1.71 bits per heavy atom. The molecule has 34 heavy (non-hydrogen) atoms. The zero-order valence-electron chi connectivity index (χ0n) is 21.7. The number of hydrogen-bond acceptors (Lipinski definition) is 5. The quantitative estimate of drug-likeness (QED) is 0.472. The highest BCUT2D eigenvalue weighted by atomic mass is 28.4. The molecule has 0 bridgehead atoms. The fourth-order valence-electron chi connectivity index (χ4n) is 8.25. The second kappa shape index (κ2) is 8.62. The molecular weight excluding hydrogens is 442 g/mol. The molecule has 1 spiro atoms. The van der Waals surface area contributed by atoms with Gasteiger partial charge in [-0.15, -0.1) is 0 Å². The Labute approximate surface area is 206 Å². The number of hydrogen-bond donors (Lipinski definition) is 0. The average molecular weight is 484 g/mol. The average Bonchev–Trinajstić information content (AvgIpc) is 3.40. The molecule has 4 atom stereocenters. The molecule has 6 heteroatoms. The van der Waals surface area contributed by atoms with Gasteiger partial charge in [0.25, 0.3) is 8.32 Å². The van der Waals surface area contributed by atoms with Crippen LogP contribution in [0, 0.1) is 23.2 Å². The minimum Gasteiger partial charge on any atom is -0.543 e. The van der Waals surface area contributed by atoms with Crippen LogP contribution in [0.3, 0.4) is 0 Å². The lowest BCUT2D eigenvalue weighted by molar-refractivity contribution is -0.205. The van der Waals surface area contributed by atoms with Gasteiger partial charge < -0.3 is 18.6 Å². The number of nitriles is 1. The Hall–Kier alpha value is -1.39. The van der Waals surface area contributed by atoms with E-state index in [1.165, 1.54) is 11.1 Å². The molecule has 0 amide bonds. The summed E-state index contributed by atoms with van der Waals surface area (Å²) < 4.78 is 25.9. The van der Waals surface area contributed by atoms with Crippen LogP contribution < -0.4 is 4.43 Å². The zero-order chi connectivity index (χ0) is 24.3. The van der Waals surface area contributed by atoms with Gasteiger partial charge in [0.15, 0.2) is 5.79 Å². The number of ether oxygens (including phenoxy) is 3. The van der Waals surface area contributed by atoms with Crippen molar-refractivity contribution >= 4 is 8.32 Å². The summed E-state index contributed by atoms with van der Waals surface area (Å²) in [7, 11) is -2.05. The van der Waals surface area contributed by atoms with E-state index in [9.17, 15) is 5.26 Å². The standard InChI is InChI=1S/C28H41NO4Si/c1-18(2)34(19(3)4,20(5)6)33-22-8-9-23-21(14-22)15-25-26-24(16-30-25)28(31-12-13-32-28)11-7-10-27(23,26)17-29/h8-9,14,18-20,24-26H,7,10-13,15-16H2,1-6H3/t24?,25-,26-,27-/m1/s1. The minimum atomic E-state index is -2.05. The van der Waals surface area contributed by atoms with Gasteiger partial charge in [0.05, 0.1) is 37.4 Å². The monoisotopic (exact) mass is 483 g/mol. The van der Waals surface area contributed by atoms with Crippen molar-refractivity contribution in [2.24, 2.45) is 11.8 Å². The van der Waals surface area contributed by atoms with E-state index in [1.807, 2.05) is 0 Å². The maximum atomic E-state index is 10.7. The Balaban J connectivity index is 1.55. The van der Waals surface area contributed by atoms with Crippen LogP contribution in [-0.4, -0.2) is 40.0 Å². The van der Waals surface area contributed by atoms with Crippen molar-refractivity contribution in [3.63, 3.8) is 0 Å². The zero-order valence-corrected chi connectivity index (χ0v) is 22.7. The minimum absolute atomic E-state index is 0.0254. The van der Waals surface area contributed by atoms with Crippen molar-refractivity contribution in [3.05, 3.63) is 29.3 Å². The van der Waals surface area contributed by atoms with Gasteiger partial charge in [0.2, 0.25) is 0 Å². The normalized spacial score (nSPS) is 32.1. The van der Waals surface area contributed by atoms with Gasteiger partial charge >= 0.3 is 0 Å². The Bertz CT molecular complexity index is 942. The van der Waals surface area contributed by atoms with E-state index in [4.69, 9.17) is 18.6 Å². The fourth-order valence-corrected chi connectivity index (χ4v) is 13.5. The third-order valence-corrected chi connectivity index (χ3v) is 15.5. The maximum Gasteiger partial charge on any atom is 0.258 e. The van der Waals surface area contributed by atoms with Crippen LogP contribution in [0.4, 0.5) is 0 Å². The molecule has 0 aromatic heterocycles. The maximum absolute atomic E-state index is 10.7. The van der Waals surface area contributed by atoms with Gasteiger partial charge in [-0.1, -0.05) is 47.6 Å². The Kier molecular flexibility index (Phi) is 6.16. The van der Waals surface area contributed by atoms with E-state index in [1.54, 1.807) is 0 Å². The van der Waals surface area contributed by atoms with E-state index in [0.29, 0.717) is 36.4 Å². The molecule has 0 radical (unpaired) electrons. The second-order valence-electron chi connectivity index (χ2n) is 11.9. The van der Waals surface area contributed by atoms with E-state index >= 15 is 0 Å². The lowest BCUT2D eigenvalue weighted by Gasteiger charge is -2.45. The van der Waals surface area contributed by atoms with Gasteiger partial charge in [0, 0.05) is 18.3 Å². The lowest BCUT2D eigenvalue weighted by atomic mass is 9.58. The Morgan fingerprint density at radius 3 is 2.32 bits per heavy atom. The molecule has 1 unspecified atom stereocenters. The molecule has 2 aliphatic heterocycles. The third kappa shape index (κ3) is 3.34. The molecule has 5 nitrogen and oxygen atoms in total. The van der Waals surface area contributed by atoms with Crippen molar-refractivity contribution in [2.45, 2.75) is 101 Å². The summed E-state index contributed by atoms with van der Waals surface area (Å²) in [4.78, 5) is 0. The van der Waals surface area contributed by atoms with E-state index in [2.05, 4.69) is 65.8 Å². The molecule has 3 fully saturated rings. The van der Waals surface area contributed by atoms with Crippen molar-refractivity contribution in [3.8, 4) is 11.8 Å². The molecule has 0 N–H and O–H groups in total. The van der Waals surface area contributed by atoms with E-state index in [0.717, 1.165) is 31.4 Å². The van der Waals surface area contributed by atoms with E-state index in [-0.39, 0.29) is 17.9 Å². The highest BCUT2D eigenvalue weighted by Crippen LogP contribution is 2.58. The highest BCUT2D eigenvalue weighted by Gasteiger charge is 2.64. The van der Waals surface area contributed by atoms with Crippen molar-refractivity contribution < 1.29 is 18.6 Å². The first-order valence-electron chi connectivity index (χ1n) is 13.3. The summed E-state index contributed by atoms with van der Waals surface area (Å²) in [6.07, 6.45) is 3.45. The largest absolute Gasteiger partial charge is 0.543 e. The molecule has 186 valence electrons. The first-order chi connectivity index (χ1) is 16.2. The summed E-state index contributed by atoms with van der Waals surface area (Å²) in [6, 6.07) is 9.40. The van der Waals surface area contributed by atoms with Crippen molar-refractivity contribution in [1.82, 2.24) is 0 Å². The SMILES string of the molecule is CC(C)[Si](Oc1ccc2c(c1)C[C@H]1OCC3[C@H]1[C@@]2(C#N)CCCC31OCCO1)(C(C)C)C(C)C. The number of nitrogens with zero attached hydrogens (tertiary/aromatic N) is 1. The molecule has 4 aliphatic rings. The third-order valence-electron chi connectivity index (χ3n) is 9.51. The predicted octanol–water partition coefficient (Wildman–Crippen LogP) is 6.12. The summed E-state index contributed by atoms with van der Waals surface area (Å²) in [5.41, 5.74) is 3.40. The number of fused-ring (bicyclic) bond motifs is 3. The lowest BCUT2D eigenvalue weighted by Crippen LogP contribution is -2.51. The van der Waals surface area contributed by atoms with Gasteiger partial charge in [0.1, 0.15) is 5.75 Å². The number of rotatable bonds is 5. The molecule has 1 aromatic rings. The van der Waals surface area contributed by atoms with Crippen LogP contribution in [0.1, 0.15) is 71.9 Å². The topological polar surface area (TPSA) is 60.7 Å². The summed E-state index contributed by atoms with van der Waals surface area (Å²) in [5.74, 6) is 0.604. The van der Waals surface area contributed by atoms with Gasteiger partial charge in [-0.05, 0) is 59.1 Å². The van der Waals surface area contributed by atoms with Crippen LogP contribution >= 0.6 is 0 Å². The van der Waals surface area contributed by atoms with Gasteiger partial charge in [-0.3, -0.25) is 0 Å². The smallest absolute Gasteiger partial charge is 0.258 e. The summed E-state index contributed by atoms with van der Waals surface area (Å²) in [6.45, 7) is 15.8. The molecule has 1 saturated carbocycles. The predicted molar refractivity (Wildman–Crippen MR) is 134 cm³/mol. The molecule has 1 aromatic carbocycles. The number of benzene rings is 1. The van der Waals surface area contributed by atoms with Crippen LogP contribution in [0.5, 0.6) is 5.75 Å². The second-order valence-corrected chi connectivity index (χ2v) is 17.3. The molecular formula is C28H41NO4Si. The summed E-state index contributed by atoms with van der Waals surface area (Å²) in [5, 5.41) is 10.7. The first kappa shape index (κ1) is 24.3. The van der Waals surface area contributed by atoms with Crippen LogP contribution in [0.2, 0.25) is 16.6 Å². The van der Waals surface area contributed by atoms with Crippen LogP contribution in [-0.2, 0) is 26.0 Å². The highest BCUT2D eigenvalue weighted by molar-refractivity contribution is 6.78. The van der Waals surface area contributed by atoms with Gasteiger partial charge in [-0.2, -0.15) is 5.26 Å². The summed E-state index contributed by atoms with van der Waals surface area (Å²) >= 11 is 0. The molecule has 2 heterocycles.